The van der Waals surface area contributed by atoms with Gasteiger partial charge in [-0.25, -0.2) is 4.79 Å². The monoisotopic (exact) mass is 217 g/mol. The largest absolute Gasteiger partial charge is 0.508 e. The van der Waals surface area contributed by atoms with Crippen LogP contribution in [-0.4, -0.2) is 57.0 Å². The van der Waals surface area contributed by atoms with E-state index in [1.54, 1.807) is 0 Å². The van der Waals surface area contributed by atoms with Gasteiger partial charge in [-0.1, -0.05) is 0 Å². The van der Waals surface area contributed by atoms with Crippen LogP contribution in [-0.2, 0) is 19.0 Å². The Morgan fingerprint density at radius 3 is 2.53 bits per heavy atom. The Labute approximate surface area is 88.1 Å². The van der Waals surface area contributed by atoms with E-state index in [1.165, 1.54) is 7.11 Å². The number of methoxy groups -OCH3 is 1. The number of hydrogen-bond acceptors (Lipinski definition) is 6. The van der Waals surface area contributed by atoms with Crippen molar-refractivity contribution >= 4 is 12.1 Å². The summed E-state index contributed by atoms with van der Waals surface area (Å²) in [4.78, 5) is 23.6. The summed E-state index contributed by atoms with van der Waals surface area (Å²) >= 11 is 0. The van der Waals surface area contributed by atoms with E-state index in [9.17, 15) is 9.59 Å². The van der Waals surface area contributed by atoms with E-state index < -0.39 is 6.16 Å². The van der Waals surface area contributed by atoms with Crippen LogP contribution in [0.1, 0.15) is 6.42 Å². The number of nitrogens with zero attached hydrogens (tertiary/aromatic N) is 1. The summed E-state index contributed by atoms with van der Waals surface area (Å²) < 4.78 is 14.0. The highest BCUT2D eigenvalue weighted by atomic mass is 16.7. The van der Waals surface area contributed by atoms with Gasteiger partial charge in [0, 0.05) is 19.6 Å². The molecular formula is C9H15NO5. The molecule has 0 aromatic carbocycles. The lowest BCUT2D eigenvalue weighted by atomic mass is 10.3. The summed E-state index contributed by atoms with van der Waals surface area (Å²) in [5, 5.41) is 0. The predicted octanol–water partition coefficient (Wildman–Crippen LogP) is 0.0183. The molecule has 0 amide bonds. The van der Waals surface area contributed by atoms with Crippen LogP contribution >= 0.6 is 0 Å². The fraction of sp³-hybridized carbons (Fsp3) is 0.778. The summed E-state index contributed by atoms with van der Waals surface area (Å²) in [6.07, 6.45) is -0.285. The second-order valence-corrected chi connectivity index (χ2v) is 3.11. The van der Waals surface area contributed by atoms with E-state index in [0.29, 0.717) is 39.3 Å². The lowest BCUT2D eigenvalue weighted by Gasteiger charge is -2.23. The molecule has 1 aliphatic heterocycles. The van der Waals surface area contributed by atoms with Crippen molar-refractivity contribution in [3.05, 3.63) is 0 Å². The number of rotatable bonds is 3. The minimum absolute atomic E-state index is 0.241. The fourth-order valence-electron chi connectivity index (χ4n) is 1.24. The van der Waals surface area contributed by atoms with Crippen LogP contribution in [0.5, 0.6) is 0 Å². The summed E-state index contributed by atoms with van der Waals surface area (Å²) in [6.45, 7) is 2.41. The maximum atomic E-state index is 10.9. The second-order valence-electron chi connectivity index (χ2n) is 3.11. The van der Waals surface area contributed by atoms with Gasteiger partial charge in [0.2, 0.25) is 0 Å². The molecule has 0 bridgehead atoms. The number of carbonyl (C=O) groups excluding carboxylic acids is 2. The maximum absolute atomic E-state index is 10.9. The molecule has 86 valence electrons. The Kier molecular flexibility index (Phi) is 4.89. The van der Waals surface area contributed by atoms with Gasteiger partial charge in [0.1, 0.15) is 13.2 Å². The van der Waals surface area contributed by atoms with Gasteiger partial charge in [-0.3, -0.25) is 9.69 Å². The minimum Gasteiger partial charge on any atom is -0.469 e. The molecule has 15 heavy (non-hydrogen) atoms. The second kappa shape index (κ2) is 6.23. The zero-order chi connectivity index (χ0) is 11.1. The molecule has 0 spiro atoms. The van der Waals surface area contributed by atoms with E-state index in [2.05, 4.69) is 4.74 Å². The smallest absolute Gasteiger partial charge is 0.469 e. The van der Waals surface area contributed by atoms with E-state index in [1.807, 2.05) is 4.90 Å². The topological polar surface area (TPSA) is 65.1 Å². The summed E-state index contributed by atoms with van der Waals surface area (Å²) in [6, 6.07) is 0. The summed E-state index contributed by atoms with van der Waals surface area (Å²) in [7, 11) is 1.36. The van der Waals surface area contributed by atoms with Gasteiger partial charge < -0.3 is 14.2 Å². The highest BCUT2D eigenvalue weighted by Gasteiger charge is 2.14. The third kappa shape index (κ3) is 4.64. The van der Waals surface area contributed by atoms with Crippen LogP contribution in [0.3, 0.4) is 0 Å². The summed E-state index contributed by atoms with van der Waals surface area (Å²) in [5.41, 5.74) is 0. The average Bonchev–Trinajstić information content (AvgIpc) is 2.21. The molecule has 1 fully saturated rings. The minimum atomic E-state index is -0.623. The number of cyclic esters (lactones) is 2. The molecule has 6 heteroatoms. The zero-order valence-corrected chi connectivity index (χ0v) is 8.73. The molecule has 6 nitrogen and oxygen atoms in total. The fourth-order valence-corrected chi connectivity index (χ4v) is 1.24. The molecule has 0 aromatic rings. The molecule has 1 rings (SSSR count). The number of esters is 1. The Hall–Kier alpha value is -1.30. The van der Waals surface area contributed by atoms with E-state index in [4.69, 9.17) is 9.47 Å². The van der Waals surface area contributed by atoms with Crippen LogP contribution < -0.4 is 0 Å². The number of hydrogen-bond donors (Lipinski definition) is 0. The predicted molar refractivity (Wildman–Crippen MR) is 50.4 cm³/mol. The number of ether oxygens (including phenoxy) is 3. The highest BCUT2D eigenvalue weighted by molar-refractivity contribution is 5.69. The van der Waals surface area contributed by atoms with Crippen molar-refractivity contribution in [3.63, 3.8) is 0 Å². The number of carbonyl (C=O) groups is 2. The zero-order valence-electron chi connectivity index (χ0n) is 8.73. The SMILES string of the molecule is COC(=O)CCN1CCOC(=O)OCC1. The van der Waals surface area contributed by atoms with E-state index in [-0.39, 0.29) is 5.97 Å². The van der Waals surface area contributed by atoms with E-state index >= 15 is 0 Å². The Balaban J connectivity index is 2.23. The van der Waals surface area contributed by atoms with Gasteiger partial charge in [-0.2, -0.15) is 0 Å². The molecular weight excluding hydrogens is 202 g/mol. The molecule has 1 aliphatic rings. The molecule has 0 aliphatic carbocycles. The lowest BCUT2D eigenvalue weighted by molar-refractivity contribution is -0.141. The first-order valence-electron chi connectivity index (χ1n) is 4.81. The van der Waals surface area contributed by atoms with E-state index in [0.717, 1.165) is 0 Å². The van der Waals surface area contributed by atoms with Crippen LogP contribution in [0.15, 0.2) is 0 Å². The first-order valence-corrected chi connectivity index (χ1v) is 4.81. The standard InChI is InChI=1S/C9H15NO5/c1-13-8(11)2-3-10-4-6-14-9(12)15-7-5-10/h2-7H2,1H3. The molecule has 0 atom stereocenters. The van der Waals surface area contributed by atoms with Crippen LogP contribution in [0.2, 0.25) is 0 Å². The van der Waals surface area contributed by atoms with Crippen molar-refractivity contribution in [3.8, 4) is 0 Å². The third-order valence-electron chi connectivity index (χ3n) is 2.11. The van der Waals surface area contributed by atoms with Crippen molar-refractivity contribution in [1.29, 1.82) is 0 Å². The Morgan fingerprint density at radius 1 is 1.40 bits per heavy atom. The maximum Gasteiger partial charge on any atom is 0.508 e. The first-order chi connectivity index (χ1) is 7.22. The highest BCUT2D eigenvalue weighted by Crippen LogP contribution is 1.98. The van der Waals surface area contributed by atoms with Gasteiger partial charge in [0.25, 0.3) is 0 Å². The molecule has 0 N–H and O–H groups in total. The molecule has 0 radical (unpaired) electrons. The van der Waals surface area contributed by atoms with Gasteiger partial charge >= 0.3 is 12.1 Å². The molecule has 0 unspecified atom stereocenters. The van der Waals surface area contributed by atoms with Gasteiger partial charge in [0.05, 0.1) is 13.5 Å². The molecule has 0 saturated carbocycles. The first kappa shape index (κ1) is 11.8. The molecule has 1 saturated heterocycles. The summed E-state index contributed by atoms with van der Waals surface area (Å²) in [5.74, 6) is -0.241. The molecule has 1 heterocycles. The van der Waals surface area contributed by atoms with Crippen molar-refractivity contribution < 1.29 is 23.8 Å². The molecule has 0 aromatic heterocycles. The van der Waals surface area contributed by atoms with Crippen molar-refractivity contribution in [2.45, 2.75) is 6.42 Å². The van der Waals surface area contributed by atoms with Gasteiger partial charge in [-0.15, -0.1) is 0 Å². The van der Waals surface area contributed by atoms with Crippen LogP contribution in [0, 0.1) is 0 Å². The van der Waals surface area contributed by atoms with Crippen molar-refractivity contribution in [1.82, 2.24) is 4.90 Å². The van der Waals surface area contributed by atoms with Crippen molar-refractivity contribution in [2.75, 3.05) is 40.0 Å². The normalized spacial score (nSPS) is 18.3. The van der Waals surface area contributed by atoms with Crippen LogP contribution in [0.4, 0.5) is 4.79 Å². The Bertz CT molecular complexity index is 219. The Morgan fingerprint density at radius 2 is 2.00 bits per heavy atom. The van der Waals surface area contributed by atoms with Gasteiger partial charge in [0.15, 0.2) is 0 Å². The van der Waals surface area contributed by atoms with Crippen LogP contribution in [0.25, 0.3) is 0 Å². The lowest BCUT2D eigenvalue weighted by Crippen LogP contribution is -2.36. The van der Waals surface area contributed by atoms with Gasteiger partial charge in [-0.05, 0) is 0 Å². The van der Waals surface area contributed by atoms with Crippen molar-refractivity contribution in [2.24, 2.45) is 0 Å². The average molecular weight is 217 g/mol. The quantitative estimate of drug-likeness (QED) is 0.621. The third-order valence-corrected chi connectivity index (χ3v) is 2.11.